The van der Waals surface area contributed by atoms with Crippen molar-refractivity contribution < 1.29 is 14.0 Å². The van der Waals surface area contributed by atoms with Gasteiger partial charge in [-0.15, -0.1) is 0 Å². The van der Waals surface area contributed by atoms with Gasteiger partial charge in [-0.05, 0) is 54.8 Å². The van der Waals surface area contributed by atoms with Gasteiger partial charge in [0.05, 0.1) is 11.8 Å². The molecular weight excluding hydrogens is 307 g/mol. The molecule has 2 unspecified atom stereocenters. The third kappa shape index (κ3) is 3.79. The van der Waals surface area contributed by atoms with Crippen molar-refractivity contribution in [1.29, 1.82) is 0 Å². The first kappa shape index (κ1) is 16.2. The Morgan fingerprint density at radius 2 is 1.38 bits per heavy atom. The quantitative estimate of drug-likeness (QED) is 0.882. The molecular formula is C19H19FN2O2. The highest BCUT2D eigenvalue weighted by Gasteiger charge is 2.48. The molecule has 0 spiro atoms. The van der Waals surface area contributed by atoms with Crippen LogP contribution in [-0.4, -0.2) is 11.8 Å². The molecule has 1 saturated carbocycles. The zero-order valence-electron chi connectivity index (χ0n) is 13.4. The number of rotatable bonds is 5. The lowest BCUT2D eigenvalue weighted by molar-refractivity contribution is -0.122. The minimum absolute atomic E-state index is 0.140. The molecule has 1 aliphatic carbocycles. The fourth-order valence-electron chi connectivity index (χ4n) is 2.60. The van der Waals surface area contributed by atoms with Crippen molar-refractivity contribution in [3.63, 3.8) is 0 Å². The first-order valence-corrected chi connectivity index (χ1v) is 8.03. The van der Waals surface area contributed by atoms with Gasteiger partial charge in [-0.25, -0.2) is 4.39 Å². The summed E-state index contributed by atoms with van der Waals surface area (Å²) in [7, 11) is 0. The average molecular weight is 326 g/mol. The van der Waals surface area contributed by atoms with Crippen molar-refractivity contribution in [3.05, 3.63) is 59.9 Å². The second kappa shape index (κ2) is 6.83. The molecule has 3 rings (SSSR count). The molecule has 0 heterocycles. The van der Waals surface area contributed by atoms with Crippen molar-refractivity contribution in [2.45, 2.75) is 19.8 Å². The van der Waals surface area contributed by atoms with E-state index in [0.717, 1.165) is 12.1 Å². The number of aryl methyl sites for hydroxylation is 1. The summed E-state index contributed by atoms with van der Waals surface area (Å²) in [6, 6.07) is 13.3. The van der Waals surface area contributed by atoms with Crippen LogP contribution in [0.25, 0.3) is 0 Å². The standard InChI is InChI=1S/C19H19FN2O2/c1-2-12-3-7-14(8-4-12)21-18(23)16-11-17(16)19(24)22-15-9-5-13(20)6-10-15/h3-10,16-17H,2,11H2,1H3,(H,21,23)(H,22,24). The van der Waals surface area contributed by atoms with E-state index in [1.54, 1.807) is 0 Å². The molecule has 0 saturated heterocycles. The van der Waals surface area contributed by atoms with E-state index in [4.69, 9.17) is 0 Å². The maximum Gasteiger partial charge on any atom is 0.228 e. The molecule has 0 aliphatic heterocycles. The van der Waals surface area contributed by atoms with Gasteiger partial charge in [0, 0.05) is 11.4 Å². The third-order valence-electron chi connectivity index (χ3n) is 4.21. The van der Waals surface area contributed by atoms with Gasteiger partial charge < -0.3 is 10.6 Å². The Morgan fingerprint density at radius 3 is 1.83 bits per heavy atom. The molecule has 2 N–H and O–H groups in total. The second-order valence-electron chi connectivity index (χ2n) is 5.98. The molecule has 24 heavy (non-hydrogen) atoms. The minimum atomic E-state index is -0.356. The zero-order chi connectivity index (χ0) is 17.1. The van der Waals surface area contributed by atoms with E-state index in [-0.39, 0.29) is 29.5 Å². The predicted molar refractivity (Wildman–Crippen MR) is 91.1 cm³/mol. The molecule has 124 valence electrons. The number of amides is 2. The third-order valence-corrected chi connectivity index (χ3v) is 4.21. The number of nitrogens with one attached hydrogen (secondary N) is 2. The van der Waals surface area contributed by atoms with Crippen LogP contribution in [0.3, 0.4) is 0 Å². The summed E-state index contributed by atoms with van der Waals surface area (Å²) in [5.74, 6) is -1.34. The lowest BCUT2D eigenvalue weighted by Gasteiger charge is -2.07. The molecule has 5 heteroatoms. The van der Waals surface area contributed by atoms with Crippen molar-refractivity contribution in [3.8, 4) is 0 Å². The Morgan fingerprint density at radius 1 is 0.917 bits per heavy atom. The zero-order valence-corrected chi connectivity index (χ0v) is 13.4. The first-order chi connectivity index (χ1) is 11.6. The summed E-state index contributed by atoms with van der Waals surface area (Å²) in [5, 5.41) is 5.55. The van der Waals surface area contributed by atoms with E-state index >= 15 is 0 Å². The van der Waals surface area contributed by atoms with Crippen LogP contribution in [0.5, 0.6) is 0 Å². The number of hydrogen-bond acceptors (Lipinski definition) is 2. The van der Waals surface area contributed by atoms with Gasteiger partial charge in [-0.3, -0.25) is 9.59 Å². The summed E-state index contributed by atoms with van der Waals surface area (Å²) >= 11 is 0. The highest BCUT2D eigenvalue weighted by molar-refractivity contribution is 6.03. The van der Waals surface area contributed by atoms with Gasteiger partial charge in [-0.2, -0.15) is 0 Å². The molecule has 4 nitrogen and oxygen atoms in total. The fourth-order valence-corrected chi connectivity index (χ4v) is 2.60. The SMILES string of the molecule is CCc1ccc(NC(=O)C2CC2C(=O)Nc2ccc(F)cc2)cc1. The van der Waals surface area contributed by atoms with Gasteiger partial charge in [0.25, 0.3) is 0 Å². The molecule has 1 aliphatic rings. The highest BCUT2D eigenvalue weighted by Crippen LogP contribution is 2.40. The molecule has 2 aromatic rings. The monoisotopic (exact) mass is 326 g/mol. The molecule has 1 fully saturated rings. The normalized spacial score (nSPS) is 18.8. The molecule has 0 bridgehead atoms. The van der Waals surface area contributed by atoms with Crippen LogP contribution < -0.4 is 10.6 Å². The van der Waals surface area contributed by atoms with Crippen molar-refractivity contribution >= 4 is 23.2 Å². The van der Waals surface area contributed by atoms with Gasteiger partial charge in [0.1, 0.15) is 5.82 Å². The van der Waals surface area contributed by atoms with E-state index < -0.39 is 0 Å². The van der Waals surface area contributed by atoms with Crippen LogP contribution >= 0.6 is 0 Å². The van der Waals surface area contributed by atoms with E-state index in [2.05, 4.69) is 17.6 Å². The number of halogens is 1. The number of carbonyl (C=O) groups is 2. The van der Waals surface area contributed by atoms with Crippen LogP contribution in [0.2, 0.25) is 0 Å². The number of benzene rings is 2. The Kier molecular flexibility index (Phi) is 4.60. The van der Waals surface area contributed by atoms with Crippen LogP contribution in [0.15, 0.2) is 48.5 Å². The largest absolute Gasteiger partial charge is 0.326 e. The molecule has 0 aromatic heterocycles. The minimum Gasteiger partial charge on any atom is -0.326 e. The van der Waals surface area contributed by atoms with E-state index in [1.165, 1.54) is 29.8 Å². The number of carbonyl (C=O) groups excluding carboxylic acids is 2. The summed E-state index contributed by atoms with van der Waals surface area (Å²) in [6.07, 6.45) is 1.48. The average Bonchev–Trinajstić information content (AvgIpc) is 3.38. The van der Waals surface area contributed by atoms with E-state index in [1.807, 2.05) is 24.3 Å². The van der Waals surface area contributed by atoms with Crippen LogP contribution in [0.4, 0.5) is 15.8 Å². The smallest absolute Gasteiger partial charge is 0.228 e. The molecule has 2 aromatic carbocycles. The topological polar surface area (TPSA) is 58.2 Å². The van der Waals surface area contributed by atoms with E-state index in [0.29, 0.717) is 12.1 Å². The first-order valence-electron chi connectivity index (χ1n) is 8.03. The maximum absolute atomic E-state index is 12.9. The second-order valence-corrected chi connectivity index (χ2v) is 5.98. The van der Waals surface area contributed by atoms with Crippen molar-refractivity contribution in [2.24, 2.45) is 11.8 Å². The van der Waals surface area contributed by atoms with Gasteiger partial charge in [-0.1, -0.05) is 19.1 Å². The van der Waals surface area contributed by atoms with Crippen LogP contribution in [0.1, 0.15) is 18.9 Å². The van der Waals surface area contributed by atoms with Crippen molar-refractivity contribution in [2.75, 3.05) is 10.6 Å². The molecule has 2 atom stereocenters. The molecule has 2 amide bonds. The lowest BCUT2D eigenvalue weighted by Crippen LogP contribution is -2.20. The summed E-state index contributed by atoms with van der Waals surface area (Å²) in [4.78, 5) is 24.3. The number of hydrogen-bond donors (Lipinski definition) is 2. The Balaban J connectivity index is 1.52. The Bertz CT molecular complexity index is 741. The summed E-state index contributed by atoms with van der Waals surface area (Å²) < 4.78 is 12.9. The van der Waals surface area contributed by atoms with Crippen LogP contribution in [0, 0.1) is 17.7 Å². The van der Waals surface area contributed by atoms with Crippen LogP contribution in [-0.2, 0) is 16.0 Å². The molecule has 0 radical (unpaired) electrons. The summed E-state index contributed by atoms with van der Waals surface area (Å²) in [6.45, 7) is 2.07. The number of anilines is 2. The predicted octanol–water partition coefficient (Wildman–Crippen LogP) is 3.60. The Labute approximate surface area is 140 Å². The fraction of sp³-hybridized carbons (Fsp3) is 0.263. The maximum atomic E-state index is 12.9. The summed E-state index contributed by atoms with van der Waals surface area (Å²) in [5.41, 5.74) is 2.47. The van der Waals surface area contributed by atoms with Gasteiger partial charge in [0.15, 0.2) is 0 Å². The lowest BCUT2D eigenvalue weighted by atomic mass is 10.1. The van der Waals surface area contributed by atoms with Gasteiger partial charge >= 0.3 is 0 Å². The Hall–Kier alpha value is -2.69. The highest BCUT2D eigenvalue weighted by atomic mass is 19.1. The van der Waals surface area contributed by atoms with Crippen molar-refractivity contribution in [1.82, 2.24) is 0 Å². The van der Waals surface area contributed by atoms with E-state index in [9.17, 15) is 14.0 Å². The van der Waals surface area contributed by atoms with Gasteiger partial charge in [0.2, 0.25) is 11.8 Å².